The van der Waals surface area contributed by atoms with E-state index in [0.29, 0.717) is 22.1 Å². The van der Waals surface area contributed by atoms with E-state index in [0.717, 1.165) is 0 Å². The molecule has 3 heterocycles. The van der Waals surface area contributed by atoms with E-state index in [9.17, 15) is 13.8 Å². The van der Waals surface area contributed by atoms with Crippen LogP contribution in [0.5, 0.6) is 5.88 Å². The van der Waals surface area contributed by atoms with Gasteiger partial charge in [-0.15, -0.1) is 5.10 Å². The fourth-order valence-corrected chi connectivity index (χ4v) is 4.63. The van der Waals surface area contributed by atoms with E-state index in [1.807, 2.05) is 0 Å². The van der Waals surface area contributed by atoms with Crippen molar-refractivity contribution in [2.24, 2.45) is 0 Å². The van der Waals surface area contributed by atoms with E-state index in [-0.39, 0.29) is 39.8 Å². The molecule has 1 saturated heterocycles. The third-order valence-corrected chi connectivity index (χ3v) is 6.87. The van der Waals surface area contributed by atoms with Crippen LogP contribution >= 0.6 is 23.2 Å². The molecule has 4 rings (SSSR count). The zero-order valence-electron chi connectivity index (χ0n) is 18.0. The zero-order valence-corrected chi connectivity index (χ0v) is 20.3. The van der Waals surface area contributed by atoms with Crippen molar-refractivity contribution in [2.75, 3.05) is 23.9 Å². The molecule has 13 heteroatoms. The van der Waals surface area contributed by atoms with Gasteiger partial charge in [0.05, 0.1) is 34.9 Å². The van der Waals surface area contributed by atoms with Gasteiger partial charge in [-0.05, 0) is 36.8 Å². The van der Waals surface area contributed by atoms with Crippen molar-refractivity contribution in [2.45, 2.75) is 13.0 Å². The van der Waals surface area contributed by atoms with Gasteiger partial charge in [-0.3, -0.25) is 18.6 Å². The Morgan fingerprint density at radius 2 is 1.97 bits per heavy atom. The number of rotatable bonds is 7. The van der Waals surface area contributed by atoms with Crippen molar-refractivity contribution in [3.8, 4) is 11.7 Å². The molecule has 1 aliphatic heterocycles. The Hall–Kier alpha value is -2.99. The zero-order chi connectivity index (χ0) is 24.4. The number of pyridine rings is 1. The first-order valence-electron chi connectivity index (χ1n) is 9.94. The van der Waals surface area contributed by atoms with E-state index in [2.05, 4.69) is 20.9 Å². The van der Waals surface area contributed by atoms with Gasteiger partial charge in [0.1, 0.15) is 11.8 Å². The monoisotopic (exact) mass is 523 g/mol. The summed E-state index contributed by atoms with van der Waals surface area (Å²) in [5.41, 5.74) is 3.17. The Morgan fingerprint density at radius 1 is 1.21 bits per heavy atom. The van der Waals surface area contributed by atoms with Gasteiger partial charge in [0, 0.05) is 28.1 Å². The molecule has 0 aliphatic carbocycles. The van der Waals surface area contributed by atoms with Crippen LogP contribution in [0.2, 0.25) is 10.0 Å². The van der Waals surface area contributed by atoms with E-state index >= 15 is 0 Å². The van der Waals surface area contributed by atoms with Crippen molar-refractivity contribution in [3.05, 3.63) is 63.4 Å². The molecular weight excluding hydrogens is 505 g/mol. The highest BCUT2D eigenvalue weighted by Crippen LogP contribution is 2.28. The number of aryl methyl sites for hydroxylation is 1. The molecule has 1 fully saturated rings. The minimum absolute atomic E-state index is 0.0588. The molecule has 0 spiro atoms. The average Bonchev–Trinajstić information content (AvgIpc) is 3.18. The summed E-state index contributed by atoms with van der Waals surface area (Å²) in [5.74, 6) is -0.0449. The molecule has 2 amide bonds. The lowest BCUT2D eigenvalue weighted by molar-refractivity contribution is 0.0538. The van der Waals surface area contributed by atoms with E-state index in [1.54, 1.807) is 25.1 Å². The summed E-state index contributed by atoms with van der Waals surface area (Å²) in [6.45, 7) is 1.70. The molecule has 2 N–H and O–H groups in total. The maximum absolute atomic E-state index is 13.4. The molecule has 3 aromatic rings. The van der Waals surface area contributed by atoms with Crippen LogP contribution in [0.15, 0.2) is 36.5 Å². The van der Waals surface area contributed by atoms with E-state index in [1.165, 1.54) is 30.1 Å². The normalized spacial score (nSPS) is 17.1. The number of aromatic nitrogens is 3. The van der Waals surface area contributed by atoms with Crippen LogP contribution in [-0.4, -0.2) is 55.5 Å². The lowest BCUT2D eigenvalue weighted by Gasteiger charge is -2.24. The first kappa shape index (κ1) is 24.1. The minimum atomic E-state index is -0.914. The van der Waals surface area contributed by atoms with Crippen LogP contribution in [0.3, 0.4) is 0 Å². The average molecular weight is 524 g/mol. The van der Waals surface area contributed by atoms with Gasteiger partial charge in [-0.2, -0.15) is 0 Å². The van der Waals surface area contributed by atoms with Crippen LogP contribution in [-0.2, 0) is 15.6 Å². The summed E-state index contributed by atoms with van der Waals surface area (Å²) < 4.78 is 18.4. The van der Waals surface area contributed by atoms with Crippen LogP contribution < -0.4 is 15.5 Å². The quantitative estimate of drug-likeness (QED) is 0.456. The number of carbonyl (C=O) groups is 2. The third-order valence-electron chi connectivity index (χ3n) is 4.87. The highest BCUT2D eigenvalue weighted by Gasteiger charge is 2.29. The Labute approximate surface area is 207 Å². The molecule has 0 saturated carbocycles. The van der Waals surface area contributed by atoms with Gasteiger partial charge >= 0.3 is 0 Å². The number of amides is 2. The standard InChI is InChI=1S/C21H19Cl2N5O5S/c1-11-6-12(22)7-14(20(29)27-32-2)18(11)25-21(30)16-8-17(33-13-9-34(31)10-13)26-28(16)19-15(23)4-3-5-24-19/h3-8,13H,9-10H2,1-2H3,(H,25,30)(H,27,29). The second-order valence-corrected chi connectivity index (χ2v) is 9.73. The van der Waals surface area contributed by atoms with Gasteiger partial charge < -0.3 is 10.1 Å². The van der Waals surface area contributed by atoms with Crippen LogP contribution in [0, 0.1) is 6.92 Å². The second kappa shape index (κ2) is 10.1. The molecule has 0 radical (unpaired) electrons. The van der Waals surface area contributed by atoms with Gasteiger partial charge in [0.15, 0.2) is 5.82 Å². The SMILES string of the molecule is CONC(=O)c1cc(Cl)cc(C)c1NC(=O)c1cc(OC2CS(=O)C2)nn1-c1ncccc1Cl. The topological polar surface area (TPSA) is 124 Å². The molecule has 1 aliphatic rings. The van der Waals surface area contributed by atoms with Crippen molar-refractivity contribution in [3.63, 3.8) is 0 Å². The van der Waals surface area contributed by atoms with Crippen molar-refractivity contribution >= 4 is 51.5 Å². The van der Waals surface area contributed by atoms with Crippen molar-refractivity contribution in [1.82, 2.24) is 20.2 Å². The lowest BCUT2D eigenvalue weighted by atomic mass is 10.1. The summed E-state index contributed by atoms with van der Waals surface area (Å²) >= 11 is 12.4. The van der Waals surface area contributed by atoms with Crippen molar-refractivity contribution in [1.29, 1.82) is 0 Å². The predicted molar refractivity (Wildman–Crippen MR) is 127 cm³/mol. The summed E-state index contributed by atoms with van der Waals surface area (Å²) in [7, 11) is 0.379. The van der Waals surface area contributed by atoms with Crippen LogP contribution in [0.4, 0.5) is 5.69 Å². The van der Waals surface area contributed by atoms with Crippen LogP contribution in [0.25, 0.3) is 5.82 Å². The van der Waals surface area contributed by atoms with Gasteiger partial charge in [-0.25, -0.2) is 15.1 Å². The van der Waals surface area contributed by atoms with Gasteiger partial charge in [0.25, 0.3) is 11.8 Å². The smallest absolute Gasteiger partial charge is 0.277 e. The Bertz CT molecular complexity index is 1290. The largest absolute Gasteiger partial charge is 0.471 e. The molecule has 178 valence electrons. The molecule has 0 atom stereocenters. The molecule has 2 aromatic heterocycles. The number of nitrogens with zero attached hydrogens (tertiary/aromatic N) is 3. The minimum Gasteiger partial charge on any atom is -0.471 e. The number of hydrogen-bond acceptors (Lipinski definition) is 7. The maximum atomic E-state index is 13.4. The maximum Gasteiger partial charge on any atom is 0.277 e. The highest BCUT2D eigenvalue weighted by atomic mass is 35.5. The molecular formula is C21H19Cl2N5O5S. The molecule has 1 aromatic carbocycles. The number of hydroxylamine groups is 1. The number of halogens is 2. The Morgan fingerprint density at radius 3 is 2.65 bits per heavy atom. The summed E-state index contributed by atoms with van der Waals surface area (Å²) in [6.07, 6.45) is 1.25. The fourth-order valence-electron chi connectivity index (χ4n) is 3.29. The Balaban J connectivity index is 1.72. The molecule has 10 nitrogen and oxygen atoms in total. The number of benzene rings is 1. The summed E-state index contributed by atoms with van der Waals surface area (Å²) in [6, 6.07) is 7.71. The first-order chi connectivity index (χ1) is 16.3. The predicted octanol–water partition coefficient (Wildman–Crippen LogP) is 2.94. The van der Waals surface area contributed by atoms with Crippen LogP contribution in [0.1, 0.15) is 26.4 Å². The molecule has 0 bridgehead atoms. The number of hydrogen-bond donors (Lipinski definition) is 2. The van der Waals surface area contributed by atoms with Crippen molar-refractivity contribution < 1.29 is 23.4 Å². The third kappa shape index (κ3) is 5.07. The highest BCUT2D eigenvalue weighted by molar-refractivity contribution is 7.86. The number of anilines is 1. The van der Waals surface area contributed by atoms with Gasteiger partial charge in [-0.1, -0.05) is 23.2 Å². The summed E-state index contributed by atoms with van der Waals surface area (Å²) in [4.78, 5) is 34.8. The van der Waals surface area contributed by atoms with Gasteiger partial charge in [0.2, 0.25) is 5.88 Å². The molecule has 34 heavy (non-hydrogen) atoms. The first-order valence-corrected chi connectivity index (χ1v) is 12.2. The van der Waals surface area contributed by atoms with E-state index < -0.39 is 22.6 Å². The molecule has 0 unspecified atom stereocenters. The Kier molecular flexibility index (Phi) is 7.17. The lowest BCUT2D eigenvalue weighted by Crippen LogP contribution is -2.41. The number of ether oxygens (including phenoxy) is 1. The second-order valence-electron chi connectivity index (χ2n) is 7.34. The fraction of sp³-hybridized carbons (Fsp3) is 0.238. The van der Waals surface area contributed by atoms with E-state index in [4.69, 9.17) is 32.8 Å². The summed E-state index contributed by atoms with van der Waals surface area (Å²) in [5, 5.41) is 7.66. The number of nitrogens with one attached hydrogen (secondary N) is 2. The number of carbonyl (C=O) groups excluding carboxylic acids is 2.